The number of nitrogens with two attached hydrogens (primary N) is 1. The average Bonchev–Trinajstić information content (AvgIpc) is 2.33. The second-order valence-corrected chi connectivity index (χ2v) is 4.12. The molecule has 1 heterocycles. The van der Waals surface area contributed by atoms with E-state index in [9.17, 15) is 4.79 Å². The first-order valence-corrected chi connectivity index (χ1v) is 5.54. The number of anilines is 1. The Hall–Kier alpha value is -1.55. The van der Waals surface area contributed by atoms with Gasteiger partial charge in [-0.05, 0) is 11.6 Å². The Morgan fingerprint density at radius 2 is 1.88 bits per heavy atom. The van der Waals surface area contributed by atoms with Crippen LogP contribution in [0.15, 0.2) is 24.3 Å². The fraction of sp³-hybridized carbons (Fsp3) is 0.417. The summed E-state index contributed by atoms with van der Waals surface area (Å²) in [5.41, 5.74) is 7.91. The molecule has 86 valence electrons. The van der Waals surface area contributed by atoms with Crippen LogP contribution in [0.2, 0.25) is 0 Å². The Bertz CT molecular complexity index is 359. The molecule has 1 aromatic carbocycles. The summed E-state index contributed by atoms with van der Waals surface area (Å²) in [6.45, 7) is 4.35. The molecule has 4 heteroatoms. The van der Waals surface area contributed by atoms with Crippen LogP contribution in [0.3, 0.4) is 0 Å². The van der Waals surface area contributed by atoms with E-state index in [-0.39, 0.29) is 0 Å². The maximum Gasteiger partial charge on any atom is 0.209 e. The van der Waals surface area contributed by atoms with Crippen molar-refractivity contribution in [3.63, 3.8) is 0 Å². The summed E-state index contributed by atoms with van der Waals surface area (Å²) in [7, 11) is 0. The first-order valence-electron chi connectivity index (χ1n) is 5.54. The zero-order chi connectivity index (χ0) is 11.4. The molecule has 0 bridgehead atoms. The third-order valence-corrected chi connectivity index (χ3v) is 3.00. The fourth-order valence-corrected chi connectivity index (χ4v) is 1.95. The van der Waals surface area contributed by atoms with Crippen molar-refractivity contribution in [2.75, 3.05) is 31.9 Å². The predicted octanol–water partition coefficient (Wildman–Crippen LogP) is 0.543. The van der Waals surface area contributed by atoms with Crippen molar-refractivity contribution in [2.24, 2.45) is 0 Å². The minimum atomic E-state index is 0.816. The van der Waals surface area contributed by atoms with Crippen molar-refractivity contribution in [1.82, 2.24) is 9.80 Å². The van der Waals surface area contributed by atoms with Crippen LogP contribution in [0.25, 0.3) is 0 Å². The molecule has 1 saturated heterocycles. The smallest absolute Gasteiger partial charge is 0.209 e. The van der Waals surface area contributed by atoms with E-state index >= 15 is 0 Å². The molecule has 2 rings (SSSR count). The highest BCUT2D eigenvalue weighted by Crippen LogP contribution is 2.14. The lowest BCUT2D eigenvalue weighted by Crippen LogP contribution is -2.45. The molecule has 1 aliphatic heterocycles. The number of para-hydroxylation sites is 1. The van der Waals surface area contributed by atoms with Gasteiger partial charge in [-0.3, -0.25) is 9.69 Å². The number of nitrogens with zero attached hydrogens (tertiary/aromatic N) is 2. The Morgan fingerprint density at radius 3 is 2.50 bits per heavy atom. The molecule has 1 aromatic rings. The zero-order valence-electron chi connectivity index (χ0n) is 9.30. The molecular weight excluding hydrogens is 202 g/mol. The molecule has 0 saturated carbocycles. The summed E-state index contributed by atoms with van der Waals surface area (Å²) in [4.78, 5) is 14.7. The first-order chi connectivity index (χ1) is 7.79. The maximum absolute atomic E-state index is 10.6. The standard InChI is InChI=1S/C12H17N3O/c13-12-4-2-1-3-11(12)9-14-5-7-15(10-16)8-6-14/h1-4,10H,5-9,13H2. The summed E-state index contributed by atoms with van der Waals surface area (Å²) < 4.78 is 0. The highest BCUT2D eigenvalue weighted by molar-refractivity contribution is 5.47. The SMILES string of the molecule is Nc1ccccc1CN1CCN(C=O)CC1. The number of piperazine rings is 1. The lowest BCUT2D eigenvalue weighted by atomic mass is 10.1. The Labute approximate surface area is 95.6 Å². The van der Waals surface area contributed by atoms with Gasteiger partial charge in [0.15, 0.2) is 0 Å². The van der Waals surface area contributed by atoms with Crippen molar-refractivity contribution in [3.8, 4) is 0 Å². The lowest BCUT2D eigenvalue weighted by Gasteiger charge is -2.32. The number of benzene rings is 1. The molecular formula is C12H17N3O. The molecule has 0 aliphatic carbocycles. The van der Waals surface area contributed by atoms with Gasteiger partial charge in [0.05, 0.1) is 0 Å². The number of carbonyl (C=O) groups is 1. The summed E-state index contributed by atoms with van der Waals surface area (Å²) >= 11 is 0. The van der Waals surface area contributed by atoms with E-state index in [1.807, 2.05) is 23.1 Å². The number of nitrogen functional groups attached to an aromatic ring is 1. The van der Waals surface area contributed by atoms with Crippen LogP contribution in [-0.4, -0.2) is 42.4 Å². The van der Waals surface area contributed by atoms with E-state index in [2.05, 4.69) is 11.0 Å². The first kappa shape index (κ1) is 11.0. The van der Waals surface area contributed by atoms with Gasteiger partial charge < -0.3 is 10.6 Å². The van der Waals surface area contributed by atoms with E-state index in [0.717, 1.165) is 44.8 Å². The molecule has 4 nitrogen and oxygen atoms in total. The van der Waals surface area contributed by atoms with Crippen LogP contribution in [0.5, 0.6) is 0 Å². The van der Waals surface area contributed by atoms with Crippen molar-refractivity contribution >= 4 is 12.1 Å². The molecule has 2 N–H and O–H groups in total. The normalized spacial score (nSPS) is 17.4. The number of hydrogen-bond acceptors (Lipinski definition) is 3. The lowest BCUT2D eigenvalue weighted by molar-refractivity contribution is -0.119. The van der Waals surface area contributed by atoms with Crippen LogP contribution in [0.1, 0.15) is 5.56 Å². The van der Waals surface area contributed by atoms with E-state index in [0.29, 0.717) is 0 Å². The topological polar surface area (TPSA) is 49.6 Å². The molecule has 16 heavy (non-hydrogen) atoms. The third-order valence-electron chi connectivity index (χ3n) is 3.00. The van der Waals surface area contributed by atoms with Crippen molar-refractivity contribution < 1.29 is 4.79 Å². The highest BCUT2D eigenvalue weighted by Gasteiger charge is 2.15. The number of carbonyl (C=O) groups excluding carboxylic acids is 1. The van der Waals surface area contributed by atoms with Gasteiger partial charge >= 0.3 is 0 Å². The summed E-state index contributed by atoms with van der Waals surface area (Å²) in [5.74, 6) is 0. The third kappa shape index (κ3) is 2.52. The molecule has 0 atom stereocenters. The Morgan fingerprint density at radius 1 is 1.19 bits per heavy atom. The molecule has 1 amide bonds. The van der Waals surface area contributed by atoms with Crippen molar-refractivity contribution in [2.45, 2.75) is 6.54 Å². The van der Waals surface area contributed by atoms with Gasteiger partial charge in [-0.25, -0.2) is 0 Å². The van der Waals surface area contributed by atoms with Crippen LogP contribution >= 0.6 is 0 Å². The molecule has 1 fully saturated rings. The molecule has 0 unspecified atom stereocenters. The molecule has 0 radical (unpaired) electrons. The maximum atomic E-state index is 10.6. The molecule has 1 aliphatic rings. The Kier molecular flexibility index (Phi) is 3.41. The zero-order valence-corrected chi connectivity index (χ0v) is 9.30. The molecule has 0 aromatic heterocycles. The number of hydrogen-bond donors (Lipinski definition) is 1. The summed E-state index contributed by atoms with van der Waals surface area (Å²) in [6, 6.07) is 7.94. The summed E-state index contributed by atoms with van der Waals surface area (Å²) in [5, 5.41) is 0. The Balaban J connectivity index is 1.92. The van der Waals surface area contributed by atoms with Crippen LogP contribution in [0, 0.1) is 0 Å². The van der Waals surface area contributed by atoms with Crippen LogP contribution in [0.4, 0.5) is 5.69 Å². The number of amides is 1. The minimum Gasteiger partial charge on any atom is -0.398 e. The fourth-order valence-electron chi connectivity index (χ4n) is 1.95. The van der Waals surface area contributed by atoms with Gasteiger partial charge in [-0.2, -0.15) is 0 Å². The monoisotopic (exact) mass is 219 g/mol. The predicted molar refractivity (Wildman–Crippen MR) is 63.8 cm³/mol. The van der Waals surface area contributed by atoms with Gasteiger partial charge in [0.25, 0.3) is 0 Å². The highest BCUT2D eigenvalue weighted by atomic mass is 16.1. The van der Waals surface area contributed by atoms with Crippen LogP contribution < -0.4 is 5.73 Å². The van der Waals surface area contributed by atoms with Gasteiger partial charge in [0.1, 0.15) is 0 Å². The van der Waals surface area contributed by atoms with Gasteiger partial charge in [-0.15, -0.1) is 0 Å². The molecule has 0 spiro atoms. The number of rotatable bonds is 3. The summed E-state index contributed by atoms with van der Waals surface area (Å²) in [6.07, 6.45) is 0.925. The van der Waals surface area contributed by atoms with E-state index in [4.69, 9.17) is 5.73 Å². The average molecular weight is 219 g/mol. The quantitative estimate of drug-likeness (QED) is 0.596. The van der Waals surface area contributed by atoms with Gasteiger partial charge in [0.2, 0.25) is 6.41 Å². The van der Waals surface area contributed by atoms with E-state index in [1.54, 1.807) is 0 Å². The van der Waals surface area contributed by atoms with E-state index < -0.39 is 0 Å². The van der Waals surface area contributed by atoms with Gasteiger partial charge in [0, 0.05) is 38.4 Å². The van der Waals surface area contributed by atoms with Crippen LogP contribution in [-0.2, 0) is 11.3 Å². The second kappa shape index (κ2) is 4.99. The van der Waals surface area contributed by atoms with Crippen molar-refractivity contribution in [1.29, 1.82) is 0 Å². The minimum absolute atomic E-state index is 0.816. The van der Waals surface area contributed by atoms with E-state index in [1.165, 1.54) is 5.56 Å². The van der Waals surface area contributed by atoms with Crippen molar-refractivity contribution in [3.05, 3.63) is 29.8 Å². The second-order valence-electron chi connectivity index (χ2n) is 4.12. The van der Waals surface area contributed by atoms with Gasteiger partial charge in [-0.1, -0.05) is 18.2 Å². The largest absolute Gasteiger partial charge is 0.398 e.